The molecule has 0 saturated heterocycles. The van der Waals surface area contributed by atoms with E-state index in [9.17, 15) is 0 Å². The number of rotatable bonds is 3. The van der Waals surface area contributed by atoms with Crippen molar-refractivity contribution in [3.63, 3.8) is 0 Å². The summed E-state index contributed by atoms with van der Waals surface area (Å²) in [6, 6.07) is 0. The largest absolute Gasteiger partial charge is 0.393 e. The summed E-state index contributed by atoms with van der Waals surface area (Å²) in [5.41, 5.74) is 0. The fourth-order valence-corrected chi connectivity index (χ4v) is 0.781. The standard InChI is InChI=1S/C7H12N2O2/c1-3-7-8-6(9-11-7)4-5(2)10/h5,10H,3-4H2,1-2H3. The van der Waals surface area contributed by atoms with Crippen LogP contribution in [0.3, 0.4) is 0 Å². The van der Waals surface area contributed by atoms with Gasteiger partial charge in [-0.05, 0) is 6.92 Å². The van der Waals surface area contributed by atoms with Crippen LogP contribution in [0.1, 0.15) is 25.6 Å². The molecule has 4 nitrogen and oxygen atoms in total. The Balaban J connectivity index is 2.58. The highest BCUT2D eigenvalue weighted by molar-refractivity contribution is 4.87. The third kappa shape index (κ3) is 2.31. The van der Waals surface area contributed by atoms with Crippen molar-refractivity contribution in [1.29, 1.82) is 0 Å². The van der Waals surface area contributed by atoms with Gasteiger partial charge < -0.3 is 9.63 Å². The van der Waals surface area contributed by atoms with Crippen LogP contribution in [0.4, 0.5) is 0 Å². The van der Waals surface area contributed by atoms with Crippen molar-refractivity contribution in [3.05, 3.63) is 11.7 Å². The van der Waals surface area contributed by atoms with Gasteiger partial charge in [0.25, 0.3) is 0 Å². The van der Waals surface area contributed by atoms with Gasteiger partial charge in [-0.1, -0.05) is 12.1 Å². The Morgan fingerprint density at radius 2 is 2.36 bits per heavy atom. The molecule has 0 spiro atoms. The van der Waals surface area contributed by atoms with E-state index in [0.717, 1.165) is 6.42 Å². The lowest BCUT2D eigenvalue weighted by molar-refractivity contribution is 0.191. The molecule has 1 aromatic heterocycles. The minimum absolute atomic E-state index is 0.405. The van der Waals surface area contributed by atoms with Gasteiger partial charge in [0, 0.05) is 12.8 Å². The highest BCUT2D eigenvalue weighted by Gasteiger charge is 2.06. The minimum Gasteiger partial charge on any atom is -0.393 e. The maximum Gasteiger partial charge on any atom is 0.226 e. The van der Waals surface area contributed by atoms with Crippen LogP contribution in [-0.2, 0) is 12.8 Å². The summed E-state index contributed by atoms with van der Waals surface area (Å²) in [5.74, 6) is 1.21. The zero-order valence-electron chi connectivity index (χ0n) is 6.74. The van der Waals surface area contributed by atoms with E-state index in [1.807, 2.05) is 6.92 Å². The molecule has 0 aliphatic heterocycles. The molecule has 1 N–H and O–H groups in total. The lowest BCUT2D eigenvalue weighted by Crippen LogP contribution is -2.05. The second-order valence-corrected chi connectivity index (χ2v) is 2.51. The van der Waals surface area contributed by atoms with E-state index in [4.69, 9.17) is 9.63 Å². The second kappa shape index (κ2) is 3.48. The molecule has 62 valence electrons. The Morgan fingerprint density at radius 3 is 2.82 bits per heavy atom. The first-order valence-electron chi connectivity index (χ1n) is 3.72. The van der Waals surface area contributed by atoms with Crippen molar-refractivity contribution < 1.29 is 9.63 Å². The van der Waals surface area contributed by atoms with Crippen molar-refractivity contribution in [1.82, 2.24) is 10.1 Å². The summed E-state index contributed by atoms with van der Waals surface area (Å²) in [6.07, 6.45) is 0.799. The number of aromatic nitrogens is 2. The number of hydrogen-bond acceptors (Lipinski definition) is 4. The molecule has 0 radical (unpaired) electrons. The summed E-state index contributed by atoms with van der Waals surface area (Å²) < 4.78 is 4.84. The molecule has 0 amide bonds. The number of aliphatic hydroxyl groups excluding tert-OH is 1. The molecule has 0 aliphatic carbocycles. The Morgan fingerprint density at radius 1 is 1.64 bits per heavy atom. The molecule has 1 heterocycles. The van der Waals surface area contributed by atoms with Crippen molar-refractivity contribution in [2.75, 3.05) is 0 Å². The third-order valence-corrected chi connectivity index (χ3v) is 1.29. The number of nitrogens with zero attached hydrogens (tertiary/aromatic N) is 2. The summed E-state index contributed by atoms with van der Waals surface area (Å²) in [7, 11) is 0. The van der Waals surface area contributed by atoms with Crippen LogP contribution in [0.25, 0.3) is 0 Å². The Kier molecular flexibility index (Phi) is 2.59. The molecule has 0 fully saturated rings. The van der Waals surface area contributed by atoms with Gasteiger partial charge in [-0.2, -0.15) is 4.98 Å². The quantitative estimate of drug-likeness (QED) is 0.694. The number of aryl methyl sites for hydroxylation is 1. The zero-order valence-corrected chi connectivity index (χ0v) is 6.74. The topological polar surface area (TPSA) is 59.2 Å². The van der Waals surface area contributed by atoms with Gasteiger partial charge in [0.2, 0.25) is 5.89 Å². The Labute approximate surface area is 65.2 Å². The predicted molar refractivity (Wildman–Crippen MR) is 39.1 cm³/mol. The Hall–Kier alpha value is -0.900. The highest BCUT2D eigenvalue weighted by Crippen LogP contribution is 2.00. The zero-order chi connectivity index (χ0) is 8.27. The lowest BCUT2D eigenvalue weighted by atomic mass is 10.3. The summed E-state index contributed by atoms with van der Waals surface area (Å²) in [6.45, 7) is 3.64. The van der Waals surface area contributed by atoms with Gasteiger partial charge in [0.15, 0.2) is 5.82 Å². The van der Waals surface area contributed by atoms with Gasteiger partial charge in [0.05, 0.1) is 6.10 Å². The van der Waals surface area contributed by atoms with Crippen molar-refractivity contribution >= 4 is 0 Å². The first kappa shape index (κ1) is 8.20. The van der Waals surface area contributed by atoms with E-state index in [2.05, 4.69) is 10.1 Å². The molecule has 1 unspecified atom stereocenters. The summed E-state index contributed by atoms with van der Waals surface area (Å²) in [5, 5.41) is 12.6. The van der Waals surface area contributed by atoms with E-state index in [1.54, 1.807) is 6.92 Å². The van der Waals surface area contributed by atoms with Crippen LogP contribution in [-0.4, -0.2) is 21.4 Å². The van der Waals surface area contributed by atoms with Gasteiger partial charge in [-0.25, -0.2) is 0 Å². The normalized spacial score (nSPS) is 13.4. The fourth-order valence-electron chi connectivity index (χ4n) is 0.781. The molecule has 11 heavy (non-hydrogen) atoms. The molecule has 1 atom stereocenters. The molecule has 0 saturated carbocycles. The summed E-state index contributed by atoms with van der Waals surface area (Å²) in [4.78, 5) is 4.03. The van der Waals surface area contributed by atoms with Crippen molar-refractivity contribution in [2.24, 2.45) is 0 Å². The lowest BCUT2D eigenvalue weighted by Gasteiger charge is -1.95. The van der Waals surface area contributed by atoms with Crippen LogP contribution >= 0.6 is 0 Å². The van der Waals surface area contributed by atoms with E-state index in [0.29, 0.717) is 18.1 Å². The van der Waals surface area contributed by atoms with Gasteiger partial charge in [-0.3, -0.25) is 0 Å². The minimum atomic E-state index is -0.405. The Bertz CT molecular complexity index is 220. The molecule has 4 heteroatoms. The fraction of sp³-hybridized carbons (Fsp3) is 0.714. The molecule has 1 rings (SSSR count). The van der Waals surface area contributed by atoms with Gasteiger partial charge in [0.1, 0.15) is 0 Å². The van der Waals surface area contributed by atoms with Crippen LogP contribution in [0.5, 0.6) is 0 Å². The second-order valence-electron chi connectivity index (χ2n) is 2.51. The van der Waals surface area contributed by atoms with E-state index in [-0.39, 0.29) is 0 Å². The van der Waals surface area contributed by atoms with E-state index >= 15 is 0 Å². The van der Waals surface area contributed by atoms with E-state index in [1.165, 1.54) is 0 Å². The SMILES string of the molecule is CCc1nc(CC(C)O)no1. The highest BCUT2D eigenvalue weighted by atomic mass is 16.5. The molecular formula is C7H12N2O2. The van der Waals surface area contributed by atoms with Gasteiger partial charge in [-0.15, -0.1) is 0 Å². The van der Waals surface area contributed by atoms with Crippen molar-refractivity contribution in [2.45, 2.75) is 32.8 Å². The third-order valence-electron chi connectivity index (χ3n) is 1.29. The van der Waals surface area contributed by atoms with E-state index < -0.39 is 6.10 Å². The van der Waals surface area contributed by atoms with Crippen molar-refractivity contribution in [3.8, 4) is 0 Å². The molecule has 1 aromatic rings. The smallest absolute Gasteiger partial charge is 0.226 e. The first-order valence-corrected chi connectivity index (χ1v) is 3.72. The molecule has 0 aromatic carbocycles. The summed E-state index contributed by atoms with van der Waals surface area (Å²) >= 11 is 0. The first-order chi connectivity index (χ1) is 5.22. The number of aliphatic hydroxyl groups is 1. The average Bonchev–Trinajstić information content (AvgIpc) is 2.34. The maximum atomic E-state index is 8.97. The van der Waals surface area contributed by atoms with Crippen LogP contribution < -0.4 is 0 Å². The molecular weight excluding hydrogens is 144 g/mol. The van der Waals surface area contributed by atoms with Crippen LogP contribution in [0.15, 0.2) is 4.52 Å². The van der Waals surface area contributed by atoms with Crippen LogP contribution in [0.2, 0.25) is 0 Å². The monoisotopic (exact) mass is 156 g/mol. The van der Waals surface area contributed by atoms with Crippen LogP contribution in [0, 0.1) is 0 Å². The number of hydrogen-bond donors (Lipinski definition) is 1. The van der Waals surface area contributed by atoms with Gasteiger partial charge >= 0.3 is 0 Å². The molecule has 0 bridgehead atoms. The predicted octanol–water partition coefficient (Wildman–Crippen LogP) is 0.555. The molecule has 0 aliphatic rings. The maximum absolute atomic E-state index is 8.97. The average molecular weight is 156 g/mol.